The molecule has 8 aliphatic heterocycles. The molecule has 0 unspecified atom stereocenters. The Bertz CT molecular complexity index is 5810. The Hall–Kier alpha value is -10.3. The van der Waals surface area contributed by atoms with E-state index in [1.54, 1.807) is 0 Å². The lowest BCUT2D eigenvalue weighted by Gasteiger charge is -2.33. The zero-order chi connectivity index (χ0) is 65.2. The number of benzene rings is 9. The molecule has 21 rings (SSSR count). The van der Waals surface area contributed by atoms with Crippen molar-refractivity contribution in [1.82, 2.24) is 14.2 Å². The number of nitrogens with zero attached hydrogens (tertiary/aromatic N) is 16. The van der Waals surface area contributed by atoms with Crippen LogP contribution in [-0.4, -0.2) is 107 Å². The van der Waals surface area contributed by atoms with Gasteiger partial charge in [-0.1, -0.05) is 217 Å². The highest BCUT2D eigenvalue weighted by Crippen LogP contribution is 2.44. The van der Waals surface area contributed by atoms with Gasteiger partial charge in [-0.2, -0.15) is 0 Å². The van der Waals surface area contributed by atoms with Crippen molar-refractivity contribution in [3.63, 3.8) is 0 Å². The number of hydrogen-bond donors (Lipinski definition) is 0. The molecule has 0 N–H and O–H groups in total. The van der Waals surface area contributed by atoms with E-state index >= 15 is 0 Å². The minimum absolute atomic E-state index is 0.489. The Labute approximate surface area is 578 Å². The van der Waals surface area contributed by atoms with Gasteiger partial charge in [0.05, 0.1) is 0 Å². The fourth-order valence-electron chi connectivity index (χ4n) is 15.1. The van der Waals surface area contributed by atoms with Crippen LogP contribution in [0.4, 0.5) is 23.3 Å². The van der Waals surface area contributed by atoms with E-state index in [1.807, 2.05) is 109 Å². The molecular weight excluding hydrogens is 1330 g/mol. The molecule has 4 aromatic heterocycles. The third kappa shape index (κ3) is 8.09. The quantitative estimate of drug-likeness (QED) is 0.150. The van der Waals surface area contributed by atoms with E-state index in [0.717, 1.165) is 98.0 Å². The van der Waals surface area contributed by atoms with Crippen molar-refractivity contribution < 1.29 is 6.96 Å². The average molecular weight is 1370 g/mol. The molecule has 12 heterocycles. The summed E-state index contributed by atoms with van der Waals surface area (Å²) < 4.78 is 25.4. The van der Waals surface area contributed by atoms with Crippen LogP contribution in [0.25, 0.3) is 43.1 Å². The zero-order valence-corrected chi connectivity index (χ0v) is 58.3. The van der Waals surface area contributed by atoms with Crippen molar-refractivity contribution in [2.45, 2.75) is 26.2 Å². The Balaban J connectivity index is 0.777. The minimum Gasteiger partial charge on any atom is -0.506 e. The van der Waals surface area contributed by atoms with Crippen LogP contribution in [0, 0.1) is 0 Å². The summed E-state index contributed by atoms with van der Waals surface area (Å²) in [5.41, 5.74) is 9.53. The van der Waals surface area contributed by atoms with Crippen molar-refractivity contribution in [3.05, 3.63) is 283 Å². The first-order valence-electron chi connectivity index (χ1n) is 32.2. The molecule has 12 bridgehead atoms. The lowest BCUT2D eigenvalue weighted by Crippen LogP contribution is -2.59. The lowest BCUT2D eigenvalue weighted by atomic mass is 10.1. The molecule has 462 valence electrons. The fraction of sp³-hybridized carbons (Fsp3) is 0.0541. The second-order valence-electron chi connectivity index (χ2n) is 26.1. The van der Waals surface area contributed by atoms with Crippen LogP contribution < -0.4 is 32.3 Å². The summed E-state index contributed by atoms with van der Waals surface area (Å²) in [4.78, 5) is 65.9. The molecule has 0 saturated heterocycles. The Morgan fingerprint density at radius 1 is 0.265 bits per heavy atom. The third-order valence-corrected chi connectivity index (χ3v) is 34.2. The van der Waals surface area contributed by atoms with Crippen LogP contribution in [0.3, 0.4) is 0 Å². The largest absolute Gasteiger partial charge is 0.798 e. The van der Waals surface area contributed by atoms with Gasteiger partial charge in [0.15, 0.2) is 63.3 Å². The van der Waals surface area contributed by atoms with Crippen LogP contribution in [0.5, 0.6) is 0 Å². The van der Waals surface area contributed by atoms with Gasteiger partial charge in [0, 0.05) is 97.6 Å². The first-order valence-corrected chi connectivity index (χ1v) is 41.8. The van der Waals surface area contributed by atoms with Gasteiger partial charge in [0.1, 0.15) is 45.2 Å². The molecule has 0 fully saturated rings. The number of hydrogen-bond acceptors (Lipinski definition) is 14. The number of aliphatic imine (C=N–C) groups is 8. The molecule has 8 aliphatic rings. The first-order chi connectivity index (χ1) is 47.9. The molecule has 0 radical (unpaired) electrons. The molecule has 0 saturated carbocycles. The van der Waals surface area contributed by atoms with Gasteiger partial charge in [0.25, 0.3) is 0 Å². The van der Waals surface area contributed by atoms with E-state index in [9.17, 15) is 0 Å². The smallest absolute Gasteiger partial charge is 0.506 e. The summed E-state index contributed by atoms with van der Waals surface area (Å²) in [5, 5.41) is 9.53. The van der Waals surface area contributed by atoms with Gasteiger partial charge in [-0.15, -0.1) is 0 Å². The molecular formula is C74H46Al2Cl2N16O2Si2. The summed E-state index contributed by atoms with van der Waals surface area (Å²) in [6.45, 7) is 8.74. The molecule has 0 spiro atoms. The van der Waals surface area contributed by atoms with Crippen LogP contribution in [-0.2, 0) is 6.96 Å². The highest BCUT2D eigenvalue weighted by atomic mass is 35.5. The van der Waals surface area contributed by atoms with Gasteiger partial charge in [-0.05, 0) is 48.7 Å². The summed E-state index contributed by atoms with van der Waals surface area (Å²) in [6, 6.07) is 69.7. The van der Waals surface area contributed by atoms with Crippen LogP contribution >= 0.6 is 23.2 Å². The number of fused-ring (bicyclic) bond motifs is 28. The molecule has 0 aliphatic carbocycles. The summed E-state index contributed by atoms with van der Waals surface area (Å²) in [7, 11) is -6.76. The highest BCUT2D eigenvalue weighted by molar-refractivity contribution is 6.92. The Morgan fingerprint density at radius 3 is 0.704 bits per heavy atom. The van der Waals surface area contributed by atoms with Gasteiger partial charge in [-0.3, -0.25) is 0 Å². The van der Waals surface area contributed by atoms with Crippen LogP contribution in [0.2, 0.25) is 36.2 Å². The maximum atomic E-state index is 8.26. The Morgan fingerprint density at radius 2 is 0.469 bits per heavy atom. The molecule has 0 atom stereocenters. The maximum Gasteiger partial charge on any atom is 0.798 e. The second-order valence-corrected chi connectivity index (χ2v) is 39.3. The summed E-state index contributed by atoms with van der Waals surface area (Å²) in [5.74, 6) is 6.86. The van der Waals surface area contributed by atoms with E-state index in [2.05, 4.69) is 137 Å². The van der Waals surface area contributed by atoms with E-state index in [4.69, 9.17) is 90.1 Å². The van der Waals surface area contributed by atoms with E-state index in [0.29, 0.717) is 102 Å². The summed E-state index contributed by atoms with van der Waals surface area (Å²) >= 11 is 9.28. The van der Waals surface area contributed by atoms with Crippen LogP contribution in [0.15, 0.2) is 266 Å². The predicted molar refractivity (Wildman–Crippen MR) is 395 cm³/mol. The lowest BCUT2D eigenvalue weighted by molar-refractivity contribution is 0.538. The number of amidine groups is 8. The normalized spacial score (nSPS) is 15.7. The van der Waals surface area contributed by atoms with E-state index in [1.165, 1.54) is 0 Å². The van der Waals surface area contributed by atoms with Crippen molar-refractivity contribution in [2.24, 2.45) is 59.9 Å². The number of aromatic nitrogens is 4. The fourth-order valence-corrected chi connectivity index (χ4v) is 29.9. The standard InChI is InChI=1S/2C32H16N8.C10H14Cl2O2Si2.2Al/c2*1-2-10-18-17(9-1)25-33-26(18)38-28-21-13-5-6-14-22(21)30(35-28)40-32-24-16-8-7-15-23(24)31(36-32)39-29-20-12-4-3-11-19(20)27(34-29)37-25;1-15(2,13)9-5-8(12)10(6-7(9)11)16(3,4)14;;/h2*1-16H;5-6H,1-4H3;;/q3*-2;2*+3. The van der Waals surface area contributed by atoms with Gasteiger partial charge < -0.3 is 21.2 Å². The average Bonchev–Trinajstić information content (AvgIpc) is 1.56. The van der Waals surface area contributed by atoms with Crippen molar-refractivity contribution in [1.29, 1.82) is 0 Å². The van der Waals surface area contributed by atoms with E-state index in [-0.39, 0.29) is 0 Å². The SMILES string of the molecule is C[Si](C)([O][Al]1[n]2c3c4ccccc4c2N=C2N=C(N=c4c5ccccc5c([n]41)=NC1=NC(=N3)c3ccccc31)c1ccccc12)c1cc(Cl)c([Si](C)(C)[O][Al]2[n]3c4c5ccccc5c3N=C3N=C(N=c5c6ccccc6c([n]52)=NC2=NC(=N4)c4ccccc42)c2ccccc23)cc1Cl. The van der Waals surface area contributed by atoms with Gasteiger partial charge in [-0.25, -0.2) is 59.9 Å². The molecule has 13 aromatic rings. The molecule has 24 heteroatoms. The molecule has 98 heavy (non-hydrogen) atoms. The van der Waals surface area contributed by atoms with Gasteiger partial charge in [0.2, 0.25) is 0 Å². The molecule has 0 amide bonds. The van der Waals surface area contributed by atoms with Crippen LogP contribution in [0.1, 0.15) is 44.5 Å². The van der Waals surface area contributed by atoms with Crippen molar-refractivity contribution in [2.75, 3.05) is 0 Å². The molecule has 18 nitrogen and oxygen atoms in total. The summed E-state index contributed by atoms with van der Waals surface area (Å²) in [6.07, 6.45) is 0. The van der Waals surface area contributed by atoms with E-state index < -0.39 is 46.5 Å². The van der Waals surface area contributed by atoms with Gasteiger partial charge >= 0.3 is 29.8 Å². The monoisotopic (exact) mass is 1370 g/mol. The van der Waals surface area contributed by atoms with Crippen molar-refractivity contribution in [3.8, 4) is 0 Å². The highest BCUT2D eigenvalue weighted by Gasteiger charge is 2.50. The third-order valence-electron chi connectivity index (χ3n) is 19.7. The number of rotatable bonds is 6. The van der Waals surface area contributed by atoms with Crippen molar-refractivity contribution >= 4 is 193 Å². The maximum absolute atomic E-state index is 8.26. The number of halogens is 2. The molecule has 9 aromatic carbocycles. The topological polar surface area (TPSA) is 187 Å². The Kier molecular flexibility index (Phi) is 12.0. The zero-order valence-electron chi connectivity index (χ0n) is 52.5. The second kappa shape index (κ2) is 20.6. The first kappa shape index (κ1) is 56.8. The predicted octanol–water partition coefficient (Wildman–Crippen LogP) is 11.7. The minimum atomic E-state index is -3.40.